The lowest BCUT2D eigenvalue weighted by molar-refractivity contribution is 0.775. The molecule has 1 aromatic carbocycles. The van der Waals surface area contributed by atoms with E-state index in [1.807, 2.05) is 30.3 Å². The minimum Gasteiger partial charge on any atom is -0.359 e. The molecule has 0 radical (unpaired) electrons. The Labute approximate surface area is 134 Å². The van der Waals surface area contributed by atoms with Gasteiger partial charge in [0.15, 0.2) is 0 Å². The Morgan fingerprint density at radius 2 is 2.09 bits per heavy atom. The summed E-state index contributed by atoms with van der Waals surface area (Å²) >= 11 is 0. The maximum atomic E-state index is 8.95. The summed E-state index contributed by atoms with van der Waals surface area (Å²) in [6, 6.07) is 11.7. The number of hydrogen-bond donors (Lipinski definition) is 0. The number of fused-ring (bicyclic) bond motifs is 1. The second-order valence-electron chi connectivity index (χ2n) is 5.98. The highest BCUT2D eigenvalue weighted by molar-refractivity contribution is 5.66. The molecule has 6 nitrogen and oxygen atoms in total. The zero-order valence-corrected chi connectivity index (χ0v) is 12.8. The number of hydrogen-bond acceptors (Lipinski definition) is 5. The Balaban J connectivity index is 1.79. The number of nitriles is 1. The zero-order chi connectivity index (χ0) is 15.8. The van der Waals surface area contributed by atoms with Gasteiger partial charge in [-0.25, -0.2) is 0 Å². The lowest BCUT2D eigenvalue weighted by atomic mass is 10.1. The summed E-state index contributed by atoms with van der Waals surface area (Å²) in [4.78, 5) is 11.0. The normalized spacial score (nSPS) is 13.9. The van der Waals surface area contributed by atoms with Crippen molar-refractivity contribution in [2.45, 2.75) is 12.8 Å². The molecule has 0 N–H and O–H groups in total. The van der Waals surface area contributed by atoms with Crippen molar-refractivity contribution in [3.63, 3.8) is 0 Å². The van der Waals surface area contributed by atoms with Crippen LogP contribution in [0.4, 0.5) is 5.82 Å². The van der Waals surface area contributed by atoms with Gasteiger partial charge in [-0.05, 0) is 30.9 Å². The standard InChI is InChI=1S/C17H16N6/c1-22(10-13-2-3-13)16-8-15(23-17(21-16)19-11-20-23)14-6-4-12(9-18)5-7-14/h4-8,11,13H,2-3,10H2,1H3. The van der Waals surface area contributed by atoms with Crippen molar-refractivity contribution in [1.29, 1.82) is 5.26 Å². The van der Waals surface area contributed by atoms with Crippen LogP contribution in [0.3, 0.4) is 0 Å². The highest BCUT2D eigenvalue weighted by atomic mass is 15.3. The topological polar surface area (TPSA) is 70.1 Å². The monoisotopic (exact) mass is 304 g/mol. The summed E-state index contributed by atoms with van der Waals surface area (Å²) in [5.41, 5.74) is 2.56. The fourth-order valence-corrected chi connectivity index (χ4v) is 2.70. The van der Waals surface area contributed by atoms with E-state index in [9.17, 15) is 0 Å². The van der Waals surface area contributed by atoms with Crippen molar-refractivity contribution in [3.8, 4) is 17.3 Å². The van der Waals surface area contributed by atoms with Crippen molar-refractivity contribution in [1.82, 2.24) is 19.6 Å². The average molecular weight is 304 g/mol. The smallest absolute Gasteiger partial charge is 0.254 e. The molecule has 1 aliphatic rings. The molecule has 0 atom stereocenters. The minimum absolute atomic E-state index is 0.588. The SMILES string of the molecule is CN(CC1CC1)c1cc(-c2ccc(C#N)cc2)n2ncnc2n1. The predicted octanol–water partition coefficient (Wildman–Crippen LogP) is 2.51. The van der Waals surface area contributed by atoms with Crippen LogP contribution in [0.25, 0.3) is 17.0 Å². The first-order valence-electron chi connectivity index (χ1n) is 7.67. The summed E-state index contributed by atoms with van der Waals surface area (Å²) in [5, 5.41) is 13.2. The van der Waals surface area contributed by atoms with E-state index in [4.69, 9.17) is 5.26 Å². The summed E-state index contributed by atoms with van der Waals surface area (Å²) in [6.45, 7) is 1.02. The van der Waals surface area contributed by atoms with Crippen LogP contribution in [-0.2, 0) is 0 Å². The zero-order valence-electron chi connectivity index (χ0n) is 12.8. The third-order valence-electron chi connectivity index (χ3n) is 4.17. The van der Waals surface area contributed by atoms with Crippen molar-refractivity contribution in [3.05, 3.63) is 42.2 Å². The van der Waals surface area contributed by atoms with Gasteiger partial charge in [-0.15, -0.1) is 0 Å². The van der Waals surface area contributed by atoms with Crippen molar-refractivity contribution in [2.24, 2.45) is 5.92 Å². The molecule has 2 aromatic heterocycles. The fraction of sp³-hybridized carbons (Fsp3) is 0.294. The number of nitrogens with zero attached hydrogens (tertiary/aromatic N) is 6. The second-order valence-corrected chi connectivity index (χ2v) is 5.98. The molecule has 0 bridgehead atoms. The van der Waals surface area contributed by atoms with Crippen LogP contribution in [0.1, 0.15) is 18.4 Å². The van der Waals surface area contributed by atoms with Crippen LogP contribution in [0.2, 0.25) is 0 Å². The molecule has 1 saturated carbocycles. The van der Waals surface area contributed by atoms with Gasteiger partial charge in [-0.3, -0.25) is 0 Å². The first-order valence-corrected chi connectivity index (χ1v) is 7.67. The van der Waals surface area contributed by atoms with Crippen LogP contribution in [0, 0.1) is 17.2 Å². The molecule has 114 valence electrons. The molecule has 1 aliphatic carbocycles. The summed E-state index contributed by atoms with van der Waals surface area (Å²) < 4.78 is 1.73. The highest BCUT2D eigenvalue weighted by Gasteiger charge is 2.24. The summed E-state index contributed by atoms with van der Waals surface area (Å²) in [7, 11) is 2.07. The van der Waals surface area contributed by atoms with Gasteiger partial charge in [0.1, 0.15) is 12.1 Å². The van der Waals surface area contributed by atoms with E-state index in [1.165, 1.54) is 19.2 Å². The van der Waals surface area contributed by atoms with Crippen LogP contribution in [-0.4, -0.2) is 33.2 Å². The number of rotatable bonds is 4. The van der Waals surface area contributed by atoms with Crippen LogP contribution in [0.15, 0.2) is 36.7 Å². The van der Waals surface area contributed by atoms with E-state index in [2.05, 4.69) is 33.1 Å². The maximum absolute atomic E-state index is 8.95. The molecule has 0 amide bonds. The molecule has 23 heavy (non-hydrogen) atoms. The number of aromatic nitrogens is 4. The highest BCUT2D eigenvalue weighted by Crippen LogP contribution is 2.31. The van der Waals surface area contributed by atoms with E-state index < -0.39 is 0 Å². The van der Waals surface area contributed by atoms with Crippen LogP contribution in [0.5, 0.6) is 0 Å². The van der Waals surface area contributed by atoms with Gasteiger partial charge < -0.3 is 4.90 Å². The molecule has 0 aliphatic heterocycles. The van der Waals surface area contributed by atoms with Gasteiger partial charge in [-0.2, -0.15) is 24.8 Å². The van der Waals surface area contributed by atoms with Crippen molar-refractivity contribution < 1.29 is 0 Å². The Morgan fingerprint density at radius 3 is 2.78 bits per heavy atom. The molecular weight excluding hydrogens is 288 g/mol. The van der Waals surface area contributed by atoms with Crippen LogP contribution >= 0.6 is 0 Å². The van der Waals surface area contributed by atoms with E-state index in [0.29, 0.717) is 11.3 Å². The van der Waals surface area contributed by atoms with Gasteiger partial charge in [0.05, 0.1) is 17.3 Å². The molecule has 4 rings (SSSR count). The quantitative estimate of drug-likeness (QED) is 0.740. The summed E-state index contributed by atoms with van der Waals surface area (Å²) in [6.07, 6.45) is 4.13. The van der Waals surface area contributed by atoms with E-state index >= 15 is 0 Å². The van der Waals surface area contributed by atoms with Crippen molar-refractivity contribution in [2.75, 3.05) is 18.5 Å². The van der Waals surface area contributed by atoms with Gasteiger partial charge in [0.25, 0.3) is 5.78 Å². The molecule has 3 aromatic rings. The number of anilines is 1. The first-order chi connectivity index (χ1) is 11.2. The first kappa shape index (κ1) is 13.7. The third-order valence-corrected chi connectivity index (χ3v) is 4.17. The molecule has 0 spiro atoms. The summed E-state index contributed by atoms with van der Waals surface area (Å²) in [5.74, 6) is 2.27. The average Bonchev–Trinajstić information content (AvgIpc) is 3.27. The molecular formula is C17H16N6. The van der Waals surface area contributed by atoms with Gasteiger partial charge in [-0.1, -0.05) is 12.1 Å². The molecule has 2 heterocycles. The lowest BCUT2D eigenvalue weighted by Crippen LogP contribution is -2.21. The Hall–Kier alpha value is -2.94. The Morgan fingerprint density at radius 1 is 1.30 bits per heavy atom. The second kappa shape index (κ2) is 5.36. The van der Waals surface area contributed by atoms with Gasteiger partial charge >= 0.3 is 0 Å². The van der Waals surface area contributed by atoms with Crippen molar-refractivity contribution >= 4 is 11.6 Å². The van der Waals surface area contributed by atoms with Gasteiger partial charge in [0.2, 0.25) is 0 Å². The maximum Gasteiger partial charge on any atom is 0.254 e. The molecule has 0 unspecified atom stereocenters. The molecule has 1 fully saturated rings. The lowest BCUT2D eigenvalue weighted by Gasteiger charge is -2.19. The fourth-order valence-electron chi connectivity index (χ4n) is 2.70. The largest absolute Gasteiger partial charge is 0.359 e. The van der Waals surface area contributed by atoms with Gasteiger partial charge in [0, 0.05) is 25.2 Å². The molecule has 0 saturated heterocycles. The van der Waals surface area contributed by atoms with E-state index in [-0.39, 0.29) is 0 Å². The Bertz CT molecular complexity index is 886. The molecule has 6 heteroatoms. The predicted molar refractivity (Wildman–Crippen MR) is 86.9 cm³/mol. The number of benzene rings is 1. The van der Waals surface area contributed by atoms with Crippen LogP contribution < -0.4 is 4.90 Å². The third kappa shape index (κ3) is 2.61. The van der Waals surface area contributed by atoms with E-state index in [1.54, 1.807) is 4.52 Å². The Kier molecular flexibility index (Phi) is 3.19. The van der Waals surface area contributed by atoms with E-state index in [0.717, 1.165) is 29.5 Å². The minimum atomic E-state index is 0.588.